The fraction of sp³-hybridized carbons (Fsp3) is 0.467. The van der Waals surface area contributed by atoms with Gasteiger partial charge < -0.3 is 0 Å². The summed E-state index contributed by atoms with van der Waals surface area (Å²) in [6.07, 6.45) is 0.847. The number of hydrogen-bond donors (Lipinski definition) is 2. The van der Waals surface area contributed by atoms with Crippen LogP contribution in [0.25, 0.3) is 0 Å². The molecule has 0 saturated carbocycles. The molecule has 0 radical (unpaired) electrons. The van der Waals surface area contributed by atoms with Crippen LogP contribution in [0.4, 0.5) is 0 Å². The number of carbonyl (C=O) groups excluding carboxylic acids is 1. The van der Waals surface area contributed by atoms with Crippen LogP contribution < -0.4 is 10.9 Å². The molecule has 0 aromatic heterocycles. The van der Waals surface area contributed by atoms with Gasteiger partial charge in [-0.05, 0) is 25.8 Å². The van der Waals surface area contributed by atoms with Crippen LogP contribution in [0.2, 0.25) is 0 Å². The Morgan fingerprint density at radius 3 is 2.75 bits per heavy atom. The number of nitrogens with one attached hydrogen (secondary N) is 2. The highest BCUT2D eigenvalue weighted by atomic mass is 16.2. The number of nitrogens with zero attached hydrogens (tertiary/aromatic N) is 2. The van der Waals surface area contributed by atoms with Gasteiger partial charge in [0, 0.05) is 12.6 Å². The Morgan fingerprint density at radius 1 is 1.25 bits per heavy atom. The summed E-state index contributed by atoms with van der Waals surface area (Å²) >= 11 is 0. The van der Waals surface area contributed by atoms with Gasteiger partial charge in [0.25, 0.3) is 0 Å². The summed E-state index contributed by atoms with van der Waals surface area (Å²) in [5, 5.41) is 0. The van der Waals surface area contributed by atoms with Crippen molar-refractivity contribution < 1.29 is 4.79 Å². The lowest BCUT2D eigenvalue weighted by Crippen LogP contribution is -2.55. The molecule has 1 amide bonds. The molecule has 3 rings (SSSR count). The summed E-state index contributed by atoms with van der Waals surface area (Å²) < 4.78 is 0. The molecule has 0 bridgehead atoms. The zero-order valence-electron chi connectivity index (χ0n) is 11.8. The molecular formula is C15H20N4O. The summed E-state index contributed by atoms with van der Waals surface area (Å²) in [5.41, 5.74) is 7.40. The number of hydrogen-bond acceptors (Lipinski definition) is 4. The Bertz CT molecular complexity index is 528. The van der Waals surface area contributed by atoms with Crippen LogP contribution >= 0.6 is 0 Å². The van der Waals surface area contributed by atoms with Gasteiger partial charge in [-0.1, -0.05) is 30.3 Å². The molecule has 3 unspecified atom stereocenters. The molecule has 3 atom stereocenters. The van der Waals surface area contributed by atoms with Crippen molar-refractivity contribution in [3.8, 4) is 0 Å². The number of amides is 1. The third-order valence-corrected chi connectivity index (χ3v) is 4.05. The van der Waals surface area contributed by atoms with Crippen molar-refractivity contribution in [1.29, 1.82) is 0 Å². The molecule has 1 aromatic carbocycles. The Hall–Kier alpha value is -1.72. The first-order valence-electron chi connectivity index (χ1n) is 7.07. The Kier molecular flexibility index (Phi) is 3.54. The predicted octanol–water partition coefficient (Wildman–Crippen LogP) is 0.723. The molecule has 2 aliphatic rings. The van der Waals surface area contributed by atoms with Crippen molar-refractivity contribution in [3.63, 3.8) is 0 Å². The van der Waals surface area contributed by atoms with Gasteiger partial charge in [-0.3, -0.25) is 20.1 Å². The third kappa shape index (κ3) is 2.34. The van der Waals surface area contributed by atoms with Crippen molar-refractivity contribution in [3.05, 3.63) is 35.9 Å². The number of rotatable bonds is 3. The summed E-state index contributed by atoms with van der Waals surface area (Å²) in [7, 11) is 0. The van der Waals surface area contributed by atoms with E-state index in [1.54, 1.807) is 4.90 Å². The first-order valence-corrected chi connectivity index (χ1v) is 7.07. The van der Waals surface area contributed by atoms with Crippen molar-refractivity contribution in [1.82, 2.24) is 15.8 Å². The first-order chi connectivity index (χ1) is 9.66. The van der Waals surface area contributed by atoms with Gasteiger partial charge in [-0.15, -0.1) is 0 Å². The van der Waals surface area contributed by atoms with Crippen molar-refractivity contribution in [2.24, 2.45) is 4.99 Å². The molecular weight excluding hydrogens is 252 g/mol. The molecule has 2 heterocycles. The first kappa shape index (κ1) is 13.3. The van der Waals surface area contributed by atoms with E-state index in [1.165, 1.54) is 5.56 Å². The molecule has 106 valence electrons. The topological polar surface area (TPSA) is 56.7 Å². The number of carbonyl (C=O) groups is 1. The van der Waals surface area contributed by atoms with E-state index >= 15 is 0 Å². The van der Waals surface area contributed by atoms with Crippen LogP contribution in [0.1, 0.15) is 19.4 Å². The average molecular weight is 272 g/mol. The largest absolute Gasteiger partial charge is 0.299 e. The second kappa shape index (κ2) is 5.34. The molecule has 5 nitrogen and oxygen atoms in total. The number of amidine groups is 1. The van der Waals surface area contributed by atoms with Gasteiger partial charge in [-0.2, -0.15) is 0 Å². The lowest BCUT2D eigenvalue weighted by Gasteiger charge is -2.32. The normalized spacial score (nSPS) is 29.3. The molecule has 1 saturated heterocycles. The fourth-order valence-electron chi connectivity index (χ4n) is 2.85. The highest BCUT2D eigenvalue weighted by Gasteiger charge is 2.43. The van der Waals surface area contributed by atoms with Gasteiger partial charge in [0.15, 0.2) is 0 Å². The van der Waals surface area contributed by atoms with Gasteiger partial charge in [0.2, 0.25) is 5.91 Å². The molecule has 5 heteroatoms. The highest BCUT2D eigenvalue weighted by Crippen LogP contribution is 2.19. The summed E-state index contributed by atoms with van der Waals surface area (Å²) in [6.45, 7) is 4.64. The maximum Gasteiger partial charge on any atom is 0.248 e. The van der Waals surface area contributed by atoms with Crippen LogP contribution in [-0.4, -0.2) is 41.3 Å². The third-order valence-electron chi connectivity index (χ3n) is 4.05. The minimum atomic E-state index is -0.232. The lowest BCUT2D eigenvalue weighted by molar-refractivity contribution is -0.130. The molecule has 1 aromatic rings. The number of aliphatic imine (C=N–C) groups is 1. The zero-order chi connectivity index (χ0) is 14.1. The molecule has 0 aliphatic carbocycles. The summed E-state index contributed by atoms with van der Waals surface area (Å²) in [4.78, 5) is 19.0. The van der Waals surface area contributed by atoms with Crippen molar-refractivity contribution in [2.75, 3.05) is 6.54 Å². The number of fused-ring (bicyclic) bond motifs is 1. The van der Waals surface area contributed by atoms with E-state index < -0.39 is 0 Å². The Morgan fingerprint density at radius 2 is 2.00 bits per heavy atom. The quantitative estimate of drug-likeness (QED) is 0.852. The molecule has 1 fully saturated rings. The van der Waals surface area contributed by atoms with Gasteiger partial charge in [-0.25, -0.2) is 5.43 Å². The molecule has 0 spiro atoms. The van der Waals surface area contributed by atoms with Gasteiger partial charge >= 0.3 is 0 Å². The number of hydrazine groups is 1. The monoisotopic (exact) mass is 272 g/mol. The van der Waals surface area contributed by atoms with E-state index in [0.717, 1.165) is 12.3 Å². The standard InChI is InChI=1S/C15H20N4O/c1-10-13-14(18-17-10)15(20)19(11(2)16-13)9-8-12-6-4-3-5-7-12/h3-7,10,13-14,17-18H,8-9H2,1-2H3. The van der Waals surface area contributed by atoms with E-state index in [9.17, 15) is 4.79 Å². The Balaban J connectivity index is 1.72. The summed E-state index contributed by atoms with van der Waals surface area (Å²) in [5.74, 6) is 0.944. The molecule has 2 aliphatic heterocycles. The van der Waals surface area contributed by atoms with E-state index in [1.807, 2.05) is 32.0 Å². The van der Waals surface area contributed by atoms with E-state index in [-0.39, 0.29) is 24.0 Å². The van der Waals surface area contributed by atoms with Crippen LogP contribution in [0.15, 0.2) is 35.3 Å². The van der Waals surface area contributed by atoms with Crippen LogP contribution in [-0.2, 0) is 11.2 Å². The minimum absolute atomic E-state index is 0.00970. The van der Waals surface area contributed by atoms with E-state index in [0.29, 0.717) is 6.54 Å². The second-order valence-electron chi connectivity index (χ2n) is 5.45. The molecule has 20 heavy (non-hydrogen) atoms. The average Bonchev–Trinajstić information content (AvgIpc) is 2.81. The zero-order valence-corrected chi connectivity index (χ0v) is 11.8. The van der Waals surface area contributed by atoms with Gasteiger partial charge in [0.05, 0.1) is 6.04 Å². The van der Waals surface area contributed by atoms with Gasteiger partial charge in [0.1, 0.15) is 11.9 Å². The van der Waals surface area contributed by atoms with E-state index in [4.69, 9.17) is 0 Å². The maximum absolute atomic E-state index is 12.5. The summed E-state index contributed by atoms with van der Waals surface area (Å²) in [6, 6.07) is 10.2. The van der Waals surface area contributed by atoms with Crippen molar-refractivity contribution in [2.45, 2.75) is 38.4 Å². The predicted molar refractivity (Wildman–Crippen MR) is 78.3 cm³/mol. The van der Waals surface area contributed by atoms with E-state index in [2.05, 4.69) is 28.0 Å². The fourth-order valence-corrected chi connectivity index (χ4v) is 2.85. The van der Waals surface area contributed by atoms with Crippen molar-refractivity contribution >= 4 is 11.7 Å². The second-order valence-corrected chi connectivity index (χ2v) is 5.45. The highest BCUT2D eigenvalue weighted by molar-refractivity contribution is 6.02. The number of benzene rings is 1. The molecule has 2 N–H and O–H groups in total. The Labute approximate surface area is 119 Å². The minimum Gasteiger partial charge on any atom is -0.299 e. The van der Waals surface area contributed by atoms with Crippen LogP contribution in [0, 0.1) is 0 Å². The smallest absolute Gasteiger partial charge is 0.248 e. The lowest BCUT2D eigenvalue weighted by atomic mass is 10.0. The van der Waals surface area contributed by atoms with Crippen LogP contribution in [0.3, 0.4) is 0 Å². The SMILES string of the molecule is CC1=NC2C(C)NNC2C(=O)N1CCc1ccccc1. The van der Waals surface area contributed by atoms with Crippen LogP contribution in [0.5, 0.6) is 0 Å². The maximum atomic E-state index is 12.5.